The van der Waals surface area contributed by atoms with E-state index in [1.807, 2.05) is 26.0 Å². The minimum atomic E-state index is -0.150. The number of halogens is 1. The Bertz CT molecular complexity index is 340. The summed E-state index contributed by atoms with van der Waals surface area (Å²) in [7, 11) is 0. The average Bonchev–Trinajstić information content (AvgIpc) is 2.63. The van der Waals surface area contributed by atoms with Crippen molar-refractivity contribution >= 4 is 28.8 Å². The van der Waals surface area contributed by atoms with Gasteiger partial charge in [-0.05, 0) is 19.1 Å². The molecule has 84 valence electrons. The molecule has 0 bridgehead atoms. The van der Waals surface area contributed by atoms with Crippen LogP contribution in [0.3, 0.4) is 0 Å². The van der Waals surface area contributed by atoms with E-state index < -0.39 is 0 Å². The molecule has 1 aromatic heterocycles. The molecule has 0 spiro atoms. The monoisotopic (exact) mass is 246 g/mol. The summed E-state index contributed by atoms with van der Waals surface area (Å²) >= 11 is 7.29. The fraction of sp³-hybridized carbons (Fsp3) is 0.500. The van der Waals surface area contributed by atoms with E-state index in [1.165, 1.54) is 11.3 Å². The first-order chi connectivity index (χ1) is 7.04. The minimum Gasteiger partial charge on any atom is -0.348 e. The lowest BCUT2D eigenvalue weighted by Gasteiger charge is -2.15. The predicted octanol–water partition coefficient (Wildman–Crippen LogP) is 2.17. The number of carbonyl (C=O) groups excluding carboxylic acids is 1. The summed E-state index contributed by atoms with van der Waals surface area (Å²) in [6, 6.07) is 3.74. The Kier molecular flexibility index (Phi) is 4.57. The molecular formula is C10H15ClN2OS. The number of thiophene rings is 1. The Morgan fingerprint density at radius 3 is 2.73 bits per heavy atom. The van der Waals surface area contributed by atoms with Gasteiger partial charge in [0.05, 0.1) is 10.4 Å². The highest BCUT2D eigenvalue weighted by atomic mass is 35.5. The maximum absolute atomic E-state index is 11.5. The van der Waals surface area contributed by atoms with E-state index in [0.717, 1.165) is 9.21 Å². The van der Waals surface area contributed by atoms with Gasteiger partial charge in [0.25, 0.3) is 0 Å². The van der Waals surface area contributed by atoms with Gasteiger partial charge in [0.2, 0.25) is 5.91 Å². The molecule has 15 heavy (non-hydrogen) atoms. The summed E-state index contributed by atoms with van der Waals surface area (Å²) in [5, 5.41) is 2.89. The number of nitrogens with one attached hydrogen (secondary N) is 1. The van der Waals surface area contributed by atoms with Crippen LogP contribution in [0, 0.1) is 5.92 Å². The first kappa shape index (κ1) is 12.5. The van der Waals surface area contributed by atoms with E-state index in [4.69, 9.17) is 17.3 Å². The van der Waals surface area contributed by atoms with Gasteiger partial charge in [-0.25, -0.2) is 0 Å². The first-order valence-corrected chi connectivity index (χ1v) is 5.99. The van der Waals surface area contributed by atoms with Crippen LogP contribution < -0.4 is 11.1 Å². The standard InChI is InChI=1S/C10H15ClN2OS/c1-6(5-12)10(14)13-7(2)8-3-4-9(11)15-8/h3-4,6-7H,5,12H2,1-2H3,(H,13,14). The zero-order valence-electron chi connectivity index (χ0n) is 8.79. The predicted molar refractivity (Wildman–Crippen MR) is 64.1 cm³/mol. The summed E-state index contributed by atoms with van der Waals surface area (Å²) in [5.41, 5.74) is 5.41. The second-order valence-corrected chi connectivity index (χ2v) is 5.26. The van der Waals surface area contributed by atoms with Gasteiger partial charge in [-0.3, -0.25) is 4.79 Å². The first-order valence-electron chi connectivity index (χ1n) is 4.80. The SMILES string of the molecule is CC(CN)C(=O)NC(C)c1ccc(Cl)s1. The third kappa shape index (κ3) is 3.48. The van der Waals surface area contributed by atoms with E-state index >= 15 is 0 Å². The van der Waals surface area contributed by atoms with Crippen molar-refractivity contribution in [1.29, 1.82) is 0 Å². The van der Waals surface area contributed by atoms with Gasteiger partial charge in [0, 0.05) is 17.3 Å². The molecule has 1 aromatic rings. The van der Waals surface area contributed by atoms with E-state index in [-0.39, 0.29) is 17.9 Å². The largest absolute Gasteiger partial charge is 0.348 e. The molecule has 2 unspecified atom stereocenters. The van der Waals surface area contributed by atoms with Crippen molar-refractivity contribution in [3.63, 3.8) is 0 Å². The van der Waals surface area contributed by atoms with Crippen LogP contribution >= 0.6 is 22.9 Å². The van der Waals surface area contributed by atoms with Gasteiger partial charge in [0.15, 0.2) is 0 Å². The van der Waals surface area contributed by atoms with Crippen LogP contribution in [-0.4, -0.2) is 12.5 Å². The Labute approximate surface area is 98.6 Å². The van der Waals surface area contributed by atoms with Crippen molar-refractivity contribution in [1.82, 2.24) is 5.32 Å². The van der Waals surface area contributed by atoms with Crippen LogP contribution in [-0.2, 0) is 4.79 Å². The summed E-state index contributed by atoms with van der Waals surface area (Å²) in [6.07, 6.45) is 0. The van der Waals surface area contributed by atoms with Gasteiger partial charge in [0.1, 0.15) is 0 Å². The normalized spacial score (nSPS) is 14.7. The van der Waals surface area contributed by atoms with Gasteiger partial charge < -0.3 is 11.1 Å². The van der Waals surface area contributed by atoms with Crippen LogP contribution in [0.4, 0.5) is 0 Å². The Hall–Kier alpha value is -0.580. The van der Waals surface area contributed by atoms with Crippen molar-refractivity contribution in [2.24, 2.45) is 11.7 Å². The van der Waals surface area contributed by atoms with Crippen LogP contribution in [0.25, 0.3) is 0 Å². The molecular weight excluding hydrogens is 232 g/mol. The lowest BCUT2D eigenvalue weighted by atomic mass is 10.1. The number of carbonyl (C=O) groups is 1. The van der Waals surface area contributed by atoms with Crippen LogP contribution in [0.15, 0.2) is 12.1 Å². The minimum absolute atomic E-state index is 0.0102. The Balaban J connectivity index is 2.56. The molecule has 0 aliphatic heterocycles. The molecule has 0 saturated carbocycles. The molecule has 2 atom stereocenters. The number of hydrogen-bond donors (Lipinski definition) is 2. The fourth-order valence-corrected chi connectivity index (χ4v) is 2.16. The van der Waals surface area contributed by atoms with E-state index in [9.17, 15) is 4.79 Å². The molecule has 0 aliphatic carbocycles. The zero-order chi connectivity index (χ0) is 11.4. The summed E-state index contributed by atoms with van der Waals surface area (Å²) in [6.45, 7) is 4.11. The molecule has 3 nitrogen and oxygen atoms in total. The fourth-order valence-electron chi connectivity index (χ4n) is 1.09. The van der Waals surface area contributed by atoms with E-state index in [1.54, 1.807) is 0 Å². The molecule has 1 rings (SSSR count). The highest BCUT2D eigenvalue weighted by Crippen LogP contribution is 2.26. The van der Waals surface area contributed by atoms with Crippen LogP contribution in [0.1, 0.15) is 24.8 Å². The summed E-state index contributed by atoms with van der Waals surface area (Å²) in [5.74, 6) is -0.169. The second-order valence-electron chi connectivity index (χ2n) is 3.51. The van der Waals surface area contributed by atoms with Crippen LogP contribution in [0.5, 0.6) is 0 Å². The second kappa shape index (κ2) is 5.49. The van der Waals surface area contributed by atoms with Crippen molar-refractivity contribution in [2.75, 3.05) is 6.54 Å². The lowest BCUT2D eigenvalue weighted by molar-refractivity contribution is -0.124. The third-order valence-electron chi connectivity index (χ3n) is 2.18. The molecule has 0 aliphatic rings. The Morgan fingerprint density at radius 1 is 1.60 bits per heavy atom. The van der Waals surface area contributed by atoms with Gasteiger partial charge in [-0.1, -0.05) is 18.5 Å². The van der Waals surface area contributed by atoms with Crippen LogP contribution in [0.2, 0.25) is 4.34 Å². The molecule has 5 heteroatoms. The molecule has 3 N–H and O–H groups in total. The van der Waals surface area contributed by atoms with Gasteiger partial charge >= 0.3 is 0 Å². The number of amides is 1. The topological polar surface area (TPSA) is 55.1 Å². The van der Waals surface area contributed by atoms with Crippen molar-refractivity contribution in [3.8, 4) is 0 Å². The van der Waals surface area contributed by atoms with Crippen molar-refractivity contribution in [3.05, 3.63) is 21.3 Å². The molecule has 0 radical (unpaired) electrons. The maximum atomic E-state index is 11.5. The quantitative estimate of drug-likeness (QED) is 0.856. The zero-order valence-corrected chi connectivity index (χ0v) is 10.4. The highest BCUT2D eigenvalue weighted by Gasteiger charge is 2.15. The average molecular weight is 247 g/mol. The number of rotatable bonds is 4. The molecule has 1 heterocycles. The smallest absolute Gasteiger partial charge is 0.224 e. The summed E-state index contributed by atoms with van der Waals surface area (Å²) in [4.78, 5) is 12.6. The molecule has 1 amide bonds. The van der Waals surface area contributed by atoms with Crippen molar-refractivity contribution < 1.29 is 4.79 Å². The third-order valence-corrected chi connectivity index (χ3v) is 3.59. The lowest BCUT2D eigenvalue weighted by Crippen LogP contribution is -2.34. The van der Waals surface area contributed by atoms with Crippen molar-refractivity contribution in [2.45, 2.75) is 19.9 Å². The molecule has 0 aromatic carbocycles. The number of nitrogens with two attached hydrogens (primary N) is 1. The molecule has 0 saturated heterocycles. The van der Waals surface area contributed by atoms with Gasteiger partial charge in [-0.2, -0.15) is 0 Å². The Morgan fingerprint density at radius 2 is 2.27 bits per heavy atom. The number of hydrogen-bond acceptors (Lipinski definition) is 3. The van der Waals surface area contributed by atoms with E-state index in [2.05, 4.69) is 5.32 Å². The van der Waals surface area contributed by atoms with E-state index in [0.29, 0.717) is 6.54 Å². The maximum Gasteiger partial charge on any atom is 0.224 e. The summed E-state index contributed by atoms with van der Waals surface area (Å²) < 4.78 is 0.734. The highest BCUT2D eigenvalue weighted by molar-refractivity contribution is 7.16. The molecule has 0 fully saturated rings. The van der Waals surface area contributed by atoms with Gasteiger partial charge in [-0.15, -0.1) is 11.3 Å².